The molecule has 0 saturated carbocycles. The lowest BCUT2D eigenvalue weighted by Crippen LogP contribution is -2.46. The maximum atomic E-state index is 11.5. The van der Waals surface area contributed by atoms with E-state index in [4.69, 9.17) is 0 Å². The van der Waals surface area contributed by atoms with E-state index in [2.05, 4.69) is 22.9 Å². The monoisotopic (exact) mass is 290 g/mol. The molecule has 0 aliphatic rings. The zero-order chi connectivity index (χ0) is 14.8. The number of carbonyl (C=O) groups is 1. The Hall–Kier alpha value is -1.62. The van der Waals surface area contributed by atoms with Crippen LogP contribution >= 0.6 is 11.8 Å². The molecule has 0 aliphatic heterocycles. The standard InChI is InChI=1S/C15H14OS.CH6NO/c1-12(16)14-9-5-6-10-15(14)17-11-13-7-3-2-4-8-13;1-3-2/h2-10H,11H2,1H3;1-2H3/q;+1. The third-order valence-electron chi connectivity index (χ3n) is 2.50. The van der Waals surface area contributed by atoms with Crippen LogP contribution in [0, 0.1) is 0 Å². The summed E-state index contributed by atoms with van der Waals surface area (Å²) in [7, 11) is 1.51. The normalized spacial score (nSPS) is 9.55. The maximum Gasteiger partial charge on any atom is 0.160 e. The zero-order valence-corrected chi connectivity index (χ0v) is 12.7. The molecule has 0 amide bonds. The van der Waals surface area contributed by atoms with E-state index in [-0.39, 0.29) is 5.78 Å². The molecule has 0 saturated heterocycles. The van der Waals surface area contributed by atoms with Crippen LogP contribution in [0.1, 0.15) is 22.8 Å². The molecule has 2 aromatic rings. The molecule has 2 rings (SSSR count). The molecule has 0 atom stereocenters. The summed E-state index contributed by atoms with van der Waals surface area (Å²) in [6.45, 7) is 1.61. The highest BCUT2D eigenvalue weighted by Gasteiger charge is 2.06. The van der Waals surface area contributed by atoms with Gasteiger partial charge in [-0.2, -0.15) is 0 Å². The molecule has 4 heteroatoms. The summed E-state index contributed by atoms with van der Waals surface area (Å²) < 4.78 is 0. The molecule has 20 heavy (non-hydrogen) atoms. The van der Waals surface area contributed by atoms with Gasteiger partial charge in [-0.05, 0) is 18.6 Å². The summed E-state index contributed by atoms with van der Waals surface area (Å²) in [6.07, 6.45) is 0. The Morgan fingerprint density at radius 1 is 1.10 bits per heavy atom. The summed E-state index contributed by atoms with van der Waals surface area (Å²) in [5.41, 5.74) is 2.09. The topological polar surface area (TPSA) is 53.9 Å². The minimum Gasteiger partial charge on any atom is -0.294 e. The van der Waals surface area contributed by atoms with Crippen molar-refractivity contribution in [1.82, 2.24) is 0 Å². The molecule has 3 nitrogen and oxygen atoms in total. The molecule has 0 unspecified atom stereocenters. The average molecular weight is 290 g/mol. The third-order valence-corrected chi connectivity index (χ3v) is 3.65. The van der Waals surface area contributed by atoms with Crippen molar-refractivity contribution in [2.45, 2.75) is 17.6 Å². The number of thioether (sulfide) groups is 1. The molecule has 0 fully saturated rings. The second-order valence-corrected chi connectivity index (χ2v) is 5.13. The Bertz CT molecular complexity index is 529. The van der Waals surface area contributed by atoms with Gasteiger partial charge in [0.25, 0.3) is 0 Å². The highest BCUT2D eigenvalue weighted by molar-refractivity contribution is 7.98. The highest BCUT2D eigenvalue weighted by Crippen LogP contribution is 2.26. The summed E-state index contributed by atoms with van der Waals surface area (Å²) in [5.74, 6) is 4.01. The fraction of sp³-hybridized carbons (Fsp3) is 0.188. The number of benzene rings is 2. The maximum absolute atomic E-state index is 11.5. The van der Waals surface area contributed by atoms with E-state index >= 15 is 0 Å². The van der Waals surface area contributed by atoms with E-state index < -0.39 is 0 Å². The fourth-order valence-electron chi connectivity index (χ4n) is 1.62. The first-order valence-electron chi connectivity index (χ1n) is 6.24. The van der Waals surface area contributed by atoms with Crippen LogP contribution in [0.4, 0.5) is 0 Å². The van der Waals surface area contributed by atoms with Crippen LogP contribution < -0.4 is 5.90 Å². The van der Waals surface area contributed by atoms with Gasteiger partial charge >= 0.3 is 0 Å². The molecule has 0 bridgehead atoms. The lowest BCUT2D eigenvalue weighted by atomic mass is 10.1. The summed E-state index contributed by atoms with van der Waals surface area (Å²) in [4.78, 5) is 16.5. The van der Waals surface area contributed by atoms with E-state index in [1.54, 1.807) is 18.7 Å². The Morgan fingerprint density at radius 3 is 2.25 bits per heavy atom. The van der Waals surface area contributed by atoms with Gasteiger partial charge in [0.15, 0.2) is 5.78 Å². The van der Waals surface area contributed by atoms with E-state index in [0.29, 0.717) is 0 Å². The molecular weight excluding hydrogens is 270 g/mol. The summed E-state index contributed by atoms with van der Waals surface area (Å²) in [5, 5.41) is 0. The second-order valence-electron chi connectivity index (χ2n) is 4.12. The largest absolute Gasteiger partial charge is 0.294 e. The highest BCUT2D eigenvalue weighted by atomic mass is 32.2. The van der Waals surface area contributed by atoms with Crippen LogP contribution in [0.25, 0.3) is 0 Å². The van der Waals surface area contributed by atoms with Gasteiger partial charge in [-0.3, -0.25) is 4.79 Å². The molecule has 3 N–H and O–H groups in total. The van der Waals surface area contributed by atoms with Gasteiger partial charge in [-0.1, -0.05) is 48.5 Å². The SMILES string of the molecule is CC(=O)c1ccccc1SCc1ccccc1.CO[NH3+]. The predicted molar refractivity (Wildman–Crippen MR) is 82.3 cm³/mol. The van der Waals surface area contributed by atoms with Crippen LogP contribution in [-0.2, 0) is 10.6 Å². The first-order valence-corrected chi connectivity index (χ1v) is 7.22. The Balaban J connectivity index is 0.000000612. The Kier molecular flexibility index (Phi) is 7.65. The first kappa shape index (κ1) is 16.4. The molecule has 0 radical (unpaired) electrons. The summed E-state index contributed by atoms with van der Waals surface area (Å²) in [6, 6.07) is 18.0. The number of hydrogen-bond acceptors (Lipinski definition) is 3. The molecule has 0 heterocycles. The van der Waals surface area contributed by atoms with Crippen LogP contribution in [0.5, 0.6) is 0 Å². The van der Waals surface area contributed by atoms with E-state index in [1.165, 1.54) is 12.7 Å². The molecule has 0 aromatic heterocycles. The zero-order valence-electron chi connectivity index (χ0n) is 11.8. The Morgan fingerprint density at radius 2 is 1.65 bits per heavy atom. The van der Waals surface area contributed by atoms with Crippen molar-refractivity contribution >= 4 is 17.5 Å². The molecule has 0 aliphatic carbocycles. The van der Waals surface area contributed by atoms with E-state index in [1.807, 2.05) is 42.5 Å². The third kappa shape index (κ3) is 5.57. The molecular formula is C16H20NO2S+. The molecule has 2 aromatic carbocycles. The van der Waals surface area contributed by atoms with Crippen LogP contribution in [0.2, 0.25) is 0 Å². The number of ketones is 1. The minimum atomic E-state index is 0.126. The first-order chi connectivity index (χ1) is 9.69. The number of hydrogen-bond donors (Lipinski definition) is 1. The van der Waals surface area contributed by atoms with E-state index in [0.717, 1.165) is 16.2 Å². The van der Waals surface area contributed by atoms with Gasteiger partial charge in [0.05, 0.1) is 7.11 Å². The van der Waals surface area contributed by atoms with Gasteiger partial charge < -0.3 is 0 Å². The second kappa shape index (κ2) is 9.31. The Labute approximate surface area is 124 Å². The van der Waals surface area contributed by atoms with Crippen molar-refractivity contribution in [1.29, 1.82) is 0 Å². The van der Waals surface area contributed by atoms with Gasteiger partial charge in [0.1, 0.15) is 0 Å². The van der Waals surface area contributed by atoms with Gasteiger partial charge in [-0.15, -0.1) is 11.8 Å². The van der Waals surface area contributed by atoms with Gasteiger partial charge in [0.2, 0.25) is 0 Å². The van der Waals surface area contributed by atoms with Crippen molar-refractivity contribution in [2.75, 3.05) is 7.11 Å². The van der Waals surface area contributed by atoms with Crippen molar-refractivity contribution in [3.63, 3.8) is 0 Å². The summed E-state index contributed by atoms with van der Waals surface area (Å²) >= 11 is 1.71. The lowest BCUT2D eigenvalue weighted by Gasteiger charge is -2.06. The van der Waals surface area contributed by atoms with Crippen LogP contribution in [-0.4, -0.2) is 12.9 Å². The molecule has 0 spiro atoms. The van der Waals surface area contributed by atoms with Crippen molar-refractivity contribution < 1.29 is 15.5 Å². The number of Topliss-reactive ketones (excluding diaryl/α,β-unsaturated/α-hetero) is 1. The van der Waals surface area contributed by atoms with Crippen molar-refractivity contribution in [3.05, 3.63) is 65.7 Å². The smallest absolute Gasteiger partial charge is 0.160 e. The van der Waals surface area contributed by atoms with Crippen LogP contribution in [0.15, 0.2) is 59.5 Å². The molecule has 106 valence electrons. The quantitative estimate of drug-likeness (QED) is 0.535. The van der Waals surface area contributed by atoms with Crippen molar-refractivity contribution in [3.8, 4) is 0 Å². The van der Waals surface area contributed by atoms with Gasteiger partial charge in [0, 0.05) is 16.2 Å². The number of quaternary nitrogens is 1. The van der Waals surface area contributed by atoms with Crippen molar-refractivity contribution in [2.24, 2.45) is 0 Å². The minimum absolute atomic E-state index is 0.126. The van der Waals surface area contributed by atoms with Crippen LogP contribution in [0.3, 0.4) is 0 Å². The number of rotatable bonds is 4. The van der Waals surface area contributed by atoms with Gasteiger partial charge in [-0.25, -0.2) is 10.7 Å². The lowest BCUT2D eigenvalue weighted by molar-refractivity contribution is -0.679. The van der Waals surface area contributed by atoms with E-state index in [9.17, 15) is 4.79 Å². The predicted octanol–water partition coefficient (Wildman–Crippen LogP) is 2.97. The average Bonchev–Trinajstić information content (AvgIpc) is 2.47. The number of carbonyl (C=O) groups excluding carboxylic acids is 1. The fourth-order valence-corrected chi connectivity index (χ4v) is 2.68.